The fourth-order valence-electron chi connectivity index (χ4n) is 6.57. The van der Waals surface area contributed by atoms with Crippen molar-refractivity contribution in [3.63, 3.8) is 0 Å². The minimum atomic E-state index is -4.08. The van der Waals surface area contributed by atoms with Crippen molar-refractivity contribution in [2.24, 2.45) is 17.1 Å². The molecule has 48 heavy (non-hydrogen) atoms. The maximum absolute atomic E-state index is 14.1. The zero-order chi connectivity index (χ0) is 34.5. The molecule has 1 saturated heterocycles. The first-order valence-corrected chi connectivity index (χ1v) is 17.8. The molecular weight excluding hydrogens is 630 g/mol. The summed E-state index contributed by atoms with van der Waals surface area (Å²) >= 11 is 0. The zero-order valence-corrected chi connectivity index (χ0v) is 28.3. The lowest BCUT2D eigenvalue weighted by Gasteiger charge is -2.33. The number of hydrogen-bond acceptors (Lipinski definition) is 8. The number of pyridine rings is 1. The Balaban J connectivity index is 1.22. The maximum Gasteiger partial charge on any atom is 0.259 e. The van der Waals surface area contributed by atoms with Gasteiger partial charge in [0.05, 0.1) is 17.3 Å². The van der Waals surface area contributed by atoms with Crippen molar-refractivity contribution >= 4 is 38.5 Å². The minimum absolute atomic E-state index is 0.0755. The Hall–Kier alpha value is -4.29. The number of amides is 3. The van der Waals surface area contributed by atoms with Gasteiger partial charge in [-0.15, -0.1) is 6.58 Å². The van der Waals surface area contributed by atoms with E-state index in [1.807, 2.05) is 81.4 Å². The van der Waals surface area contributed by atoms with Crippen LogP contribution in [0.2, 0.25) is 0 Å². The Kier molecular flexibility index (Phi) is 8.61. The smallest absolute Gasteiger partial charge is 0.259 e. The van der Waals surface area contributed by atoms with Crippen LogP contribution >= 0.6 is 0 Å². The molecule has 0 bridgehead atoms. The maximum atomic E-state index is 14.1. The SMILES string of the molecule is C=C[C@@H]1C[C@]1(NC(=O)[C@@H]1C[C@@H](Oc2nccc3ccccc23)CN1C(=O)[C@@H](N)C(C)(C)C)C(=O)NS(=O)(=O)C1(Cc2ccccc2)CC1. The largest absolute Gasteiger partial charge is 0.472 e. The van der Waals surface area contributed by atoms with Crippen molar-refractivity contribution in [3.8, 4) is 5.88 Å². The molecule has 1 aliphatic heterocycles. The van der Waals surface area contributed by atoms with Gasteiger partial charge in [0, 0.05) is 23.9 Å². The molecule has 1 aromatic heterocycles. The highest BCUT2D eigenvalue weighted by Crippen LogP contribution is 2.48. The number of sulfonamides is 1. The quantitative estimate of drug-likeness (QED) is 0.262. The molecule has 0 radical (unpaired) electrons. The van der Waals surface area contributed by atoms with E-state index >= 15 is 0 Å². The molecular formula is C36H43N5O6S. The number of benzene rings is 2. The molecule has 254 valence electrons. The number of rotatable bonds is 11. The van der Waals surface area contributed by atoms with Crippen LogP contribution in [-0.4, -0.2) is 71.0 Å². The topological polar surface area (TPSA) is 161 Å². The van der Waals surface area contributed by atoms with Gasteiger partial charge in [0.1, 0.15) is 17.7 Å². The van der Waals surface area contributed by atoms with Crippen LogP contribution in [0, 0.1) is 11.3 Å². The molecule has 5 atom stereocenters. The highest BCUT2D eigenvalue weighted by Gasteiger charge is 2.63. The van der Waals surface area contributed by atoms with Crippen LogP contribution < -0.4 is 20.5 Å². The van der Waals surface area contributed by atoms with Crippen molar-refractivity contribution < 1.29 is 27.5 Å². The molecule has 0 spiro atoms. The molecule has 0 unspecified atom stereocenters. The first kappa shape index (κ1) is 33.6. The van der Waals surface area contributed by atoms with Crippen LogP contribution in [0.1, 0.15) is 52.0 Å². The monoisotopic (exact) mass is 673 g/mol. The molecule has 2 aliphatic carbocycles. The Morgan fingerprint density at radius 2 is 1.79 bits per heavy atom. The number of hydrogen-bond donors (Lipinski definition) is 3. The van der Waals surface area contributed by atoms with Gasteiger partial charge in [-0.05, 0) is 54.2 Å². The predicted molar refractivity (Wildman–Crippen MR) is 182 cm³/mol. The lowest BCUT2D eigenvalue weighted by Crippen LogP contribution is -2.59. The van der Waals surface area contributed by atoms with Crippen molar-refractivity contribution in [2.75, 3.05) is 6.54 Å². The highest BCUT2D eigenvalue weighted by atomic mass is 32.2. The molecule has 3 fully saturated rings. The summed E-state index contributed by atoms with van der Waals surface area (Å²) in [6.07, 6.45) is 4.01. The number of carbonyl (C=O) groups is 3. The van der Waals surface area contributed by atoms with Gasteiger partial charge in [-0.1, -0.05) is 75.4 Å². The Bertz CT molecular complexity index is 1850. The fraction of sp³-hybridized carbons (Fsp3) is 0.444. The highest BCUT2D eigenvalue weighted by molar-refractivity contribution is 7.91. The number of aromatic nitrogens is 1. The summed E-state index contributed by atoms with van der Waals surface area (Å²) in [6.45, 7) is 9.42. The van der Waals surface area contributed by atoms with E-state index in [0.29, 0.717) is 18.7 Å². The lowest BCUT2D eigenvalue weighted by molar-refractivity contribution is -0.142. The molecule has 2 saturated carbocycles. The van der Waals surface area contributed by atoms with Crippen molar-refractivity contribution in [1.29, 1.82) is 0 Å². The van der Waals surface area contributed by atoms with Crippen LogP contribution in [0.4, 0.5) is 0 Å². The van der Waals surface area contributed by atoms with Crippen molar-refractivity contribution in [2.45, 2.75) is 81.3 Å². The molecule has 11 nitrogen and oxygen atoms in total. The van der Waals surface area contributed by atoms with E-state index < -0.39 is 67.6 Å². The molecule has 2 heterocycles. The van der Waals surface area contributed by atoms with Crippen LogP contribution in [0.15, 0.2) is 79.5 Å². The number of ether oxygens (including phenoxy) is 1. The summed E-state index contributed by atoms with van der Waals surface area (Å²) in [5.74, 6) is -1.94. The number of likely N-dealkylation sites (tertiary alicyclic amines) is 1. The molecule has 12 heteroatoms. The molecule has 2 aromatic carbocycles. The molecule has 6 rings (SSSR count). The number of carbonyl (C=O) groups excluding carboxylic acids is 3. The first-order valence-electron chi connectivity index (χ1n) is 16.3. The minimum Gasteiger partial charge on any atom is -0.472 e. The Morgan fingerprint density at radius 3 is 2.44 bits per heavy atom. The number of nitrogens with one attached hydrogen (secondary N) is 2. The fourth-order valence-corrected chi connectivity index (χ4v) is 8.21. The number of nitrogens with zero attached hydrogens (tertiary/aromatic N) is 2. The second kappa shape index (κ2) is 12.3. The number of nitrogens with two attached hydrogens (primary N) is 1. The van der Waals surface area contributed by atoms with Crippen LogP contribution in [0.5, 0.6) is 5.88 Å². The Morgan fingerprint density at radius 1 is 1.10 bits per heavy atom. The van der Waals surface area contributed by atoms with Crippen LogP contribution in [0.3, 0.4) is 0 Å². The van der Waals surface area contributed by atoms with Gasteiger partial charge in [0.25, 0.3) is 5.91 Å². The summed E-state index contributed by atoms with van der Waals surface area (Å²) in [5.41, 5.74) is 5.14. The zero-order valence-electron chi connectivity index (χ0n) is 27.5. The van der Waals surface area contributed by atoms with E-state index in [-0.39, 0.29) is 25.8 Å². The second-order valence-corrected chi connectivity index (χ2v) is 16.5. The summed E-state index contributed by atoms with van der Waals surface area (Å²) < 4.78 is 34.7. The van der Waals surface area contributed by atoms with Gasteiger partial charge >= 0.3 is 0 Å². The van der Waals surface area contributed by atoms with Gasteiger partial charge in [0.2, 0.25) is 27.7 Å². The summed E-state index contributed by atoms with van der Waals surface area (Å²) in [5, 5.41) is 4.56. The van der Waals surface area contributed by atoms with E-state index in [0.717, 1.165) is 16.3 Å². The van der Waals surface area contributed by atoms with Crippen molar-refractivity contribution in [1.82, 2.24) is 19.9 Å². The normalized spacial score (nSPS) is 25.2. The number of fused-ring (bicyclic) bond motifs is 1. The van der Waals surface area contributed by atoms with E-state index in [1.54, 1.807) is 6.20 Å². The lowest BCUT2D eigenvalue weighted by atomic mass is 9.86. The molecule has 4 N–H and O–H groups in total. The van der Waals surface area contributed by atoms with Crippen molar-refractivity contribution in [3.05, 3.63) is 85.1 Å². The molecule has 3 aromatic rings. The average molecular weight is 674 g/mol. The second-order valence-electron chi connectivity index (χ2n) is 14.4. The van der Waals surface area contributed by atoms with E-state index in [9.17, 15) is 22.8 Å². The van der Waals surface area contributed by atoms with Gasteiger partial charge in [-0.2, -0.15) is 0 Å². The summed E-state index contributed by atoms with van der Waals surface area (Å²) in [6, 6.07) is 16.8. The molecule has 3 aliphatic rings. The van der Waals surface area contributed by atoms with Crippen LogP contribution in [0.25, 0.3) is 10.8 Å². The van der Waals surface area contributed by atoms with Gasteiger partial charge in [0.15, 0.2) is 0 Å². The van der Waals surface area contributed by atoms with E-state index in [1.165, 1.54) is 11.0 Å². The summed E-state index contributed by atoms with van der Waals surface area (Å²) in [7, 11) is -4.08. The van der Waals surface area contributed by atoms with Gasteiger partial charge in [-0.25, -0.2) is 13.4 Å². The average Bonchev–Trinajstić information content (AvgIpc) is 3.95. The predicted octanol–water partition coefficient (Wildman–Crippen LogP) is 3.24. The summed E-state index contributed by atoms with van der Waals surface area (Å²) in [4.78, 5) is 47.5. The van der Waals surface area contributed by atoms with E-state index in [2.05, 4.69) is 21.6 Å². The third kappa shape index (κ3) is 6.30. The third-order valence-corrected chi connectivity index (χ3v) is 12.1. The van der Waals surface area contributed by atoms with Gasteiger partial charge < -0.3 is 20.7 Å². The van der Waals surface area contributed by atoms with Crippen LogP contribution in [-0.2, 0) is 30.8 Å². The third-order valence-electron chi connectivity index (χ3n) is 9.99. The van der Waals surface area contributed by atoms with E-state index in [4.69, 9.17) is 10.5 Å². The Labute approximate surface area is 281 Å². The van der Waals surface area contributed by atoms with Gasteiger partial charge in [-0.3, -0.25) is 19.1 Å². The molecule has 3 amide bonds. The standard InChI is InChI=1S/C36H43N5O6S/c1-5-25-21-36(25,33(44)40-48(45,46)35(16-17-35)20-23-11-7-6-8-12-23)39-30(42)28-19-26(22-41(28)32(43)29(37)34(2,3)4)47-31-27-14-10-9-13-24(27)15-18-38-31/h5-15,18,25-26,28-29H,1,16-17,19-22,37H2,2-4H3,(H,39,42)(H,40,44)/t25-,26-,28+,29-,36-/m1/s1. The first-order chi connectivity index (χ1) is 22.7.